The van der Waals surface area contributed by atoms with Gasteiger partial charge in [0.05, 0.1) is 12.5 Å². The van der Waals surface area contributed by atoms with Crippen LogP contribution >= 0.6 is 0 Å². The van der Waals surface area contributed by atoms with E-state index < -0.39 is 0 Å². The number of piperidine rings is 1. The lowest BCUT2D eigenvalue weighted by Crippen LogP contribution is -2.40. The minimum absolute atomic E-state index is 0.0323. The topological polar surface area (TPSA) is 72.6 Å². The maximum Gasteiger partial charge on any atom is 0.309 e. The summed E-state index contributed by atoms with van der Waals surface area (Å²) in [5.74, 6) is 0.559. The molecule has 0 radical (unpaired) electrons. The van der Waals surface area contributed by atoms with E-state index in [1.807, 2.05) is 11.8 Å². The molecular weight excluding hydrogens is 256 g/mol. The van der Waals surface area contributed by atoms with E-state index in [1.54, 1.807) is 0 Å². The summed E-state index contributed by atoms with van der Waals surface area (Å²) in [6.45, 7) is 6.41. The molecule has 0 aromatic carbocycles. The predicted octanol–water partition coefficient (Wildman–Crippen LogP) is 1.55. The third-order valence-corrected chi connectivity index (χ3v) is 3.98. The summed E-state index contributed by atoms with van der Waals surface area (Å²) >= 11 is 0. The van der Waals surface area contributed by atoms with Crippen molar-refractivity contribution >= 4 is 11.9 Å². The highest BCUT2D eigenvalue weighted by atomic mass is 16.5. The maximum absolute atomic E-state index is 12.1. The molecule has 0 spiro atoms. The molecule has 1 fully saturated rings. The fourth-order valence-electron chi connectivity index (χ4n) is 2.58. The Bertz CT molecular complexity index is 312. The van der Waals surface area contributed by atoms with E-state index in [0.717, 1.165) is 25.7 Å². The molecule has 0 aromatic rings. The summed E-state index contributed by atoms with van der Waals surface area (Å²) in [4.78, 5) is 25.6. The van der Waals surface area contributed by atoms with Gasteiger partial charge in [-0.25, -0.2) is 0 Å². The van der Waals surface area contributed by atoms with Gasteiger partial charge in [0.2, 0.25) is 5.91 Å². The van der Waals surface area contributed by atoms with Crippen molar-refractivity contribution in [1.29, 1.82) is 0 Å². The fourth-order valence-corrected chi connectivity index (χ4v) is 2.58. The molecule has 0 saturated carbocycles. The van der Waals surface area contributed by atoms with Gasteiger partial charge in [-0.2, -0.15) is 0 Å². The third kappa shape index (κ3) is 5.49. The summed E-state index contributed by atoms with van der Waals surface area (Å²) in [5, 5.41) is 0. The van der Waals surface area contributed by atoms with Gasteiger partial charge in [0.15, 0.2) is 0 Å². The number of carbonyl (C=O) groups is 2. The summed E-state index contributed by atoms with van der Waals surface area (Å²) in [5.41, 5.74) is 5.51. The van der Waals surface area contributed by atoms with E-state index in [-0.39, 0.29) is 17.8 Å². The molecule has 116 valence electrons. The lowest BCUT2D eigenvalue weighted by molar-refractivity contribution is -0.151. The van der Waals surface area contributed by atoms with Crippen LogP contribution in [0.1, 0.15) is 46.0 Å². The number of likely N-dealkylation sites (tertiary alicyclic amines) is 1. The molecule has 0 aliphatic carbocycles. The first-order valence-electron chi connectivity index (χ1n) is 7.73. The molecule has 1 rings (SSSR count). The average Bonchev–Trinajstić information content (AvgIpc) is 2.45. The Kier molecular flexibility index (Phi) is 7.59. The number of nitrogens with two attached hydrogens (primary N) is 1. The molecule has 0 bridgehead atoms. The number of esters is 1. The molecule has 0 aromatic heterocycles. The molecule has 1 aliphatic rings. The largest absolute Gasteiger partial charge is 0.466 e. The lowest BCUT2D eigenvalue weighted by atomic mass is 9.96. The highest BCUT2D eigenvalue weighted by molar-refractivity contribution is 5.77. The van der Waals surface area contributed by atoms with Crippen molar-refractivity contribution in [3.05, 3.63) is 0 Å². The minimum Gasteiger partial charge on any atom is -0.466 e. The molecule has 1 atom stereocenters. The van der Waals surface area contributed by atoms with Crippen molar-refractivity contribution in [3.63, 3.8) is 0 Å². The molecule has 1 heterocycles. The van der Waals surface area contributed by atoms with Gasteiger partial charge in [-0.15, -0.1) is 0 Å². The highest BCUT2D eigenvalue weighted by Crippen LogP contribution is 2.20. The first-order valence-corrected chi connectivity index (χ1v) is 7.73. The van der Waals surface area contributed by atoms with Crippen LogP contribution in [-0.2, 0) is 14.3 Å². The summed E-state index contributed by atoms with van der Waals surface area (Å²) in [6, 6.07) is 0. The number of amides is 1. The number of hydrogen-bond acceptors (Lipinski definition) is 4. The SMILES string of the molecule is CCOC(=O)C1CCN(C(=O)CCC(C)CCN)CC1. The average molecular weight is 284 g/mol. The van der Waals surface area contributed by atoms with E-state index in [1.165, 1.54) is 0 Å². The molecule has 1 amide bonds. The monoisotopic (exact) mass is 284 g/mol. The first kappa shape index (κ1) is 17.0. The zero-order valence-corrected chi connectivity index (χ0v) is 12.8. The fraction of sp³-hybridized carbons (Fsp3) is 0.867. The van der Waals surface area contributed by atoms with Crippen molar-refractivity contribution in [2.45, 2.75) is 46.0 Å². The number of carbonyl (C=O) groups excluding carboxylic acids is 2. The Hall–Kier alpha value is -1.10. The van der Waals surface area contributed by atoms with Gasteiger partial charge in [-0.3, -0.25) is 9.59 Å². The first-order chi connectivity index (χ1) is 9.58. The zero-order chi connectivity index (χ0) is 15.0. The van der Waals surface area contributed by atoms with E-state index >= 15 is 0 Å². The molecule has 1 unspecified atom stereocenters. The van der Waals surface area contributed by atoms with E-state index in [9.17, 15) is 9.59 Å². The maximum atomic E-state index is 12.1. The smallest absolute Gasteiger partial charge is 0.309 e. The Morgan fingerprint density at radius 3 is 2.50 bits per heavy atom. The van der Waals surface area contributed by atoms with Crippen molar-refractivity contribution in [1.82, 2.24) is 4.90 Å². The molecule has 2 N–H and O–H groups in total. The van der Waals surface area contributed by atoms with Crippen LogP contribution in [0, 0.1) is 11.8 Å². The van der Waals surface area contributed by atoms with Crippen LogP contribution in [-0.4, -0.2) is 43.0 Å². The standard InChI is InChI=1S/C15H28N2O3/c1-3-20-15(19)13-7-10-17(11-8-13)14(18)5-4-12(2)6-9-16/h12-13H,3-11,16H2,1-2H3. The number of hydrogen-bond donors (Lipinski definition) is 1. The van der Waals surface area contributed by atoms with Gasteiger partial charge < -0.3 is 15.4 Å². The van der Waals surface area contributed by atoms with Crippen molar-refractivity contribution < 1.29 is 14.3 Å². The van der Waals surface area contributed by atoms with Gasteiger partial charge in [0.1, 0.15) is 0 Å². The van der Waals surface area contributed by atoms with E-state index in [2.05, 4.69) is 6.92 Å². The molecule has 1 saturated heterocycles. The molecule has 20 heavy (non-hydrogen) atoms. The molecular formula is C15H28N2O3. The van der Waals surface area contributed by atoms with Gasteiger partial charge in [-0.05, 0) is 45.1 Å². The third-order valence-electron chi connectivity index (χ3n) is 3.98. The minimum atomic E-state index is -0.115. The van der Waals surface area contributed by atoms with Gasteiger partial charge in [0.25, 0.3) is 0 Å². The Labute approximate surface area is 121 Å². The highest BCUT2D eigenvalue weighted by Gasteiger charge is 2.27. The Balaban J connectivity index is 2.27. The number of nitrogens with zero attached hydrogens (tertiary/aromatic N) is 1. The second-order valence-electron chi connectivity index (χ2n) is 5.63. The second kappa shape index (κ2) is 8.95. The molecule has 5 heteroatoms. The summed E-state index contributed by atoms with van der Waals surface area (Å²) in [7, 11) is 0. The van der Waals surface area contributed by atoms with Crippen LogP contribution in [0.25, 0.3) is 0 Å². The summed E-state index contributed by atoms with van der Waals surface area (Å²) < 4.78 is 5.03. The van der Waals surface area contributed by atoms with Crippen molar-refractivity contribution in [2.75, 3.05) is 26.2 Å². The Morgan fingerprint density at radius 2 is 1.95 bits per heavy atom. The van der Waals surface area contributed by atoms with Crippen LogP contribution in [0.15, 0.2) is 0 Å². The normalized spacial score (nSPS) is 17.9. The van der Waals surface area contributed by atoms with Crippen LogP contribution in [0.3, 0.4) is 0 Å². The van der Waals surface area contributed by atoms with Crippen LogP contribution in [0.5, 0.6) is 0 Å². The predicted molar refractivity (Wildman–Crippen MR) is 78.0 cm³/mol. The van der Waals surface area contributed by atoms with Crippen LogP contribution < -0.4 is 5.73 Å². The van der Waals surface area contributed by atoms with Crippen molar-refractivity contribution in [2.24, 2.45) is 17.6 Å². The van der Waals surface area contributed by atoms with Gasteiger partial charge in [-0.1, -0.05) is 6.92 Å². The van der Waals surface area contributed by atoms with Gasteiger partial charge >= 0.3 is 5.97 Å². The van der Waals surface area contributed by atoms with Crippen LogP contribution in [0.2, 0.25) is 0 Å². The lowest BCUT2D eigenvalue weighted by Gasteiger charge is -2.31. The number of rotatable bonds is 7. The van der Waals surface area contributed by atoms with Gasteiger partial charge in [0, 0.05) is 19.5 Å². The number of ether oxygens (including phenoxy) is 1. The van der Waals surface area contributed by atoms with E-state index in [0.29, 0.717) is 38.6 Å². The second-order valence-corrected chi connectivity index (χ2v) is 5.63. The molecule has 5 nitrogen and oxygen atoms in total. The quantitative estimate of drug-likeness (QED) is 0.720. The van der Waals surface area contributed by atoms with Crippen LogP contribution in [0.4, 0.5) is 0 Å². The molecule has 1 aliphatic heterocycles. The zero-order valence-electron chi connectivity index (χ0n) is 12.8. The summed E-state index contributed by atoms with van der Waals surface area (Å²) in [6.07, 6.45) is 3.91. The van der Waals surface area contributed by atoms with E-state index in [4.69, 9.17) is 10.5 Å². The Morgan fingerprint density at radius 1 is 1.30 bits per heavy atom. The van der Waals surface area contributed by atoms with Crippen molar-refractivity contribution in [3.8, 4) is 0 Å².